The number of rotatable bonds is 5. The molecule has 126 valence electrons. The molecule has 0 radical (unpaired) electrons. The van der Waals surface area contributed by atoms with Gasteiger partial charge in [-0.3, -0.25) is 9.89 Å². The van der Waals surface area contributed by atoms with Gasteiger partial charge in [0.05, 0.1) is 0 Å². The molecule has 1 N–H and O–H groups in total. The van der Waals surface area contributed by atoms with Gasteiger partial charge in [-0.25, -0.2) is 0 Å². The van der Waals surface area contributed by atoms with Crippen LogP contribution in [0.4, 0.5) is 0 Å². The van der Waals surface area contributed by atoms with Gasteiger partial charge < -0.3 is 10.2 Å². The van der Waals surface area contributed by atoms with E-state index >= 15 is 0 Å². The average Bonchev–Trinajstić information content (AvgIpc) is 2.39. The van der Waals surface area contributed by atoms with Crippen molar-refractivity contribution >= 4 is 29.9 Å². The number of piperidine rings is 1. The lowest BCUT2D eigenvalue weighted by Crippen LogP contribution is -2.48. The Morgan fingerprint density at radius 2 is 1.71 bits per heavy atom. The van der Waals surface area contributed by atoms with E-state index in [1.54, 1.807) is 0 Å². The first kappa shape index (κ1) is 21.0. The van der Waals surface area contributed by atoms with Gasteiger partial charge in [0.2, 0.25) is 0 Å². The van der Waals surface area contributed by atoms with E-state index < -0.39 is 0 Å². The van der Waals surface area contributed by atoms with Crippen LogP contribution >= 0.6 is 24.0 Å². The molecule has 0 aliphatic carbocycles. The minimum absolute atomic E-state index is 0. The molecule has 1 saturated heterocycles. The monoisotopic (exact) mass is 410 g/mol. The third-order valence-corrected chi connectivity index (χ3v) is 4.27. The fourth-order valence-electron chi connectivity index (χ4n) is 2.96. The fourth-order valence-corrected chi connectivity index (χ4v) is 2.96. The lowest BCUT2D eigenvalue weighted by Gasteiger charge is -2.34. The van der Waals surface area contributed by atoms with Gasteiger partial charge >= 0.3 is 0 Å². The van der Waals surface area contributed by atoms with E-state index in [1.807, 2.05) is 7.05 Å². The van der Waals surface area contributed by atoms with Crippen LogP contribution in [-0.4, -0.2) is 61.1 Å². The SMILES string of the molecule is CN=C(NCCN(C(C)C)C(C)C)N1CCC(C)CC1.I. The van der Waals surface area contributed by atoms with E-state index in [1.165, 1.54) is 12.8 Å². The zero-order valence-corrected chi connectivity index (χ0v) is 17.1. The van der Waals surface area contributed by atoms with Crippen molar-refractivity contribution in [3.8, 4) is 0 Å². The van der Waals surface area contributed by atoms with Crippen LogP contribution in [-0.2, 0) is 0 Å². The van der Waals surface area contributed by atoms with Gasteiger partial charge in [-0.1, -0.05) is 6.92 Å². The molecular weight excluding hydrogens is 375 g/mol. The minimum Gasteiger partial charge on any atom is -0.355 e. The van der Waals surface area contributed by atoms with Crippen LogP contribution in [0.5, 0.6) is 0 Å². The van der Waals surface area contributed by atoms with Gasteiger partial charge in [0, 0.05) is 45.3 Å². The number of nitrogens with one attached hydrogen (secondary N) is 1. The zero-order valence-electron chi connectivity index (χ0n) is 14.7. The Kier molecular flexibility index (Phi) is 10.6. The van der Waals surface area contributed by atoms with Crippen LogP contribution < -0.4 is 5.32 Å². The van der Waals surface area contributed by atoms with Gasteiger partial charge in [0.25, 0.3) is 0 Å². The second kappa shape index (κ2) is 10.6. The fraction of sp³-hybridized carbons (Fsp3) is 0.938. The highest BCUT2D eigenvalue weighted by atomic mass is 127. The third kappa shape index (κ3) is 7.17. The van der Waals surface area contributed by atoms with Crippen molar-refractivity contribution in [3.63, 3.8) is 0 Å². The third-order valence-electron chi connectivity index (χ3n) is 4.27. The molecule has 1 aliphatic heterocycles. The number of hydrogen-bond donors (Lipinski definition) is 1. The molecule has 0 atom stereocenters. The number of aliphatic imine (C=N–C) groups is 1. The largest absolute Gasteiger partial charge is 0.355 e. The first-order chi connectivity index (χ1) is 9.45. The molecule has 0 aromatic heterocycles. The summed E-state index contributed by atoms with van der Waals surface area (Å²) in [6.45, 7) is 15.7. The van der Waals surface area contributed by atoms with Crippen molar-refractivity contribution in [1.82, 2.24) is 15.1 Å². The summed E-state index contributed by atoms with van der Waals surface area (Å²) >= 11 is 0. The zero-order chi connectivity index (χ0) is 15.1. The number of nitrogens with zero attached hydrogens (tertiary/aromatic N) is 3. The maximum absolute atomic E-state index is 4.44. The maximum Gasteiger partial charge on any atom is 0.193 e. The summed E-state index contributed by atoms with van der Waals surface area (Å²) in [5, 5.41) is 3.53. The Morgan fingerprint density at radius 1 is 1.19 bits per heavy atom. The summed E-state index contributed by atoms with van der Waals surface area (Å²) in [6, 6.07) is 1.18. The summed E-state index contributed by atoms with van der Waals surface area (Å²) in [5.41, 5.74) is 0. The smallest absolute Gasteiger partial charge is 0.193 e. The number of halogens is 1. The van der Waals surface area contributed by atoms with Crippen molar-refractivity contribution in [2.24, 2.45) is 10.9 Å². The van der Waals surface area contributed by atoms with Crippen molar-refractivity contribution in [2.45, 2.75) is 59.5 Å². The normalized spacial score (nSPS) is 17.6. The van der Waals surface area contributed by atoms with Crippen LogP contribution in [0.15, 0.2) is 4.99 Å². The van der Waals surface area contributed by atoms with Crippen LogP contribution in [0, 0.1) is 5.92 Å². The Morgan fingerprint density at radius 3 is 2.14 bits per heavy atom. The molecule has 4 nitrogen and oxygen atoms in total. The number of likely N-dealkylation sites (tertiary alicyclic amines) is 1. The van der Waals surface area contributed by atoms with Crippen molar-refractivity contribution in [2.75, 3.05) is 33.2 Å². The van der Waals surface area contributed by atoms with Gasteiger partial charge in [-0.2, -0.15) is 0 Å². The molecule has 0 saturated carbocycles. The van der Waals surface area contributed by atoms with E-state index in [0.717, 1.165) is 38.1 Å². The van der Waals surface area contributed by atoms with E-state index in [2.05, 4.69) is 54.7 Å². The Bertz CT molecular complexity index is 289. The highest BCUT2D eigenvalue weighted by Gasteiger charge is 2.19. The second-order valence-corrected chi connectivity index (χ2v) is 6.57. The molecule has 0 amide bonds. The number of guanidine groups is 1. The van der Waals surface area contributed by atoms with Crippen molar-refractivity contribution in [1.29, 1.82) is 0 Å². The summed E-state index contributed by atoms with van der Waals surface area (Å²) < 4.78 is 0. The Balaban J connectivity index is 0.00000400. The molecule has 5 heteroatoms. The van der Waals surface area contributed by atoms with E-state index in [9.17, 15) is 0 Å². The van der Waals surface area contributed by atoms with Crippen LogP contribution in [0.2, 0.25) is 0 Å². The Labute approximate surface area is 148 Å². The summed E-state index contributed by atoms with van der Waals surface area (Å²) in [4.78, 5) is 9.35. The van der Waals surface area contributed by atoms with Gasteiger partial charge in [0.1, 0.15) is 0 Å². The maximum atomic E-state index is 4.44. The molecule has 0 unspecified atom stereocenters. The predicted octanol–water partition coefficient (Wildman–Crippen LogP) is 3.03. The molecular formula is C16H35IN4. The van der Waals surface area contributed by atoms with Crippen LogP contribution in [0.1, 0.15) is 47.5 Å². The average molecular weight is 410 g/mol. The van der Waals surface area contributed by atoms with E-state index in [-0.39, 0.29) is 24.0 Å². The number of hydrogen-bond acceptors (Lipinski definition) is 2. The standard InChI is InChI=1S/C16H34N4.HI/c1-13(2)20(14(3)4)12-9-18-16(17-6)19-10-7-15(5)8-11-19;/h13-15H,7-12H2,1-6H3,(H,17,18);1H. The first-order valence-corrected chi connectivity index (χ1v) is 8.17. The molecule has 0 spiro atoms. The highest BCUT2D eigenvalue weighted by Crippen LogP contribution is 2.15. The summed E-state index contributed by atoms with van der Waals surface area (Å²) in [6.07, 6.45) is 2.57. The minimum atomic E-state index is 0. The van der Waals surface area contributed by atoms with Gasteiger partial charge in [-0.05, 0) is 46.5 Å². The van der Waals surface area contributed by atoms with Crippen LogP contribution in [0.3, 0.4) is 0 Å². The summed E-state index contributed by atoms with van der Waals surface area (Å²) in [7, 11) is 1.89. The van der Waals surface area contributed by atoms with Gasteiger partial charge in [-0.15, -0.1) is 24.0 Å². The molecule has 0 aromatic carbocycles. The molecule has 1 heterocycles. The molecule has 1 fully saturated rings. The quantitative estimate of drug-likeness (QED) is 0.430. The first-order valence-electron chi connectivity index (χ1n) is 8.17. The van der Waals surface area contributed by atoms with Crippen LogP contribution in [0.25, 0.3) is 0 Å². The molecule has 21 heavy (non-hydrogen) atoms. The van der Waals surface area contributed by atoms with Crippen molar-refractivity contribution < 1.29 is 0 Å². The second-order valence-electron chi connectivity index (χ2n) is 6.57. The molecule has 0 aromatic rings. The predicted molar refractivity (Wildman–Crippen MR) is 104 cm³/mol. The highest BCUT2D eigenvalue weighted by molar-refractivity contribution is 14.0. The van der Waals surface area contributed by atoms with E-state index in [0.29, 0.717) is 12.1 Å². The van der Waals surface area contributed by atoms with Crippen molar-refractivity contribution in [3.05, 3.63) is 0 Å². The lowest BCUT2D eigenvalue weighted by atomic mass is 10.00. The van der Waals surface area contributed by atoms with Gasteiger partial charge in [0.15, 0.2) is 5.96 Å². The molecule has 1 rings (SSSR count). The molecule has 1 aliphatic rings. The Hall–Kier alpha value is -0.0400. The summed E-state index contributed by atoms with van der Waals surface area (Å²) in [5.74, 6) is 1.94. The van der Waals surface area contributed by atoms with E-state index in [4.69, 9.17) is 0 Å². The lowest BCUT2D eigenvalue weighted by molar-refractivity contribution is 0.177. The molecule has 0 bridgehead atoms. The topological polar surface area (TPSA) is 30.9 Å².